The molecule has 0 heterocycles. The Hall–Kier alpha value is -0.580. The van der Waals surface area contributed by atoms with Crippen molar-refractivity contribution in [2.24, 2.45) is 0 Å². The number of nitrogens with one attached hydrogen (secondary N) is 1. The van der Waals surface area contributed by atoms with Crippen molar-refractivity contribution in [1.82, 2.24) is 5.32 Å². The molecule has 108 valence electrons. The van der Waals surface area contributed by atoms with Crippen LogP contribution in [0.5, 0.6) is 0 Å². The Kier molecular flexibility index (Phi) is 7.42. The number of thioether (sulfide) groups is 1. The summed E-state index contributed by atoms with van der Waals surface area (Å²) in [7, 11) is 0. The molecule has 0 radical (unpaired) electrons. The zero-order valence-electron chi connectivity index (χ0n) is 11.8. The number of benzene rings is 1. The number of hydrogen-bond donors (Lipinski definition) is 2. The molecule has 0 aliphatic rings. The number of aliphatic hydroxyl groups excluding tert-OH is 1. The largest absolute Gasteiger partial charge is 0.394 e. The van der Waals surface area contributed by atoms with Crippen molar-refractivity contribution in [3.8, 4) is 0 Å². The van der Waals surface area contributed by atoms with E-state index in [0.717, 1.165) is 36.5 Å². The van der Waals surface area contributed by atoms with Gasteiger partial charge in [0.1, 0.15) is 5.82 Å². The van der Waals surface area contributed by atoms with Crippen LogP contribution in [0.15, 0.2) is 29.2 Å². The zero-order valence-corrected chi connectivity index (χ0v) is 12.6. The maximum atomic E-state index is 13.0. The van der Waals surface area contributed by atoms with Crippen molar-refractivity contribution in [2.75, 3.05) is 18.9 Å². The molecular formula is C15H24FNOS. The summed E-state index contributed by atoms with van der Waals surface area (Å²) in [5.41, 5.74) is -0.168. The van der Waals surface area contributed by atoms with E-state index in [1.54, 1.807) is 23.9 Å². The number of halogens is 1. The maximum absolute atomic E-state index is 13.0. The molecule has 1 aromatic carbocycles. The van der Waals surface area contributed by atoms with Crippen LogP contribution in [0.4, 0.5) is 4.39 Å². The van der Waals surface area contributed by atoms with Crippen LogP contribution in [-0.4, -0.2) is 29.5 Å². The van der Waals surface area contributed by atoms with Gasteiger partial charge in [-0.1, -0.05) is 19.4 Å². The van der Waals surface area contributed by atoms with Crippen molar-refractivity contribution in [3.05, 3.63) is 30.1 Å². The topological polar surface area (TPSA) is 32.3 Å². The smallest absolute Gasteiger partial charge is 0.124 e. The van der Waals surface area contributed by atoms with Gasteiger partial charge in [-0.3, -0.25) is 0 Å². The summed E-state index contributed by atoms with van der Waals surface area (Å²) >= 11 is 1.68. The van der Waals surface area contributed by atoms with E-state index < -0.39 is 0 Å². The standard InChI is InChI=1S/C15H24FNOS/c1-3-17-15(2,12-18)9-4-5-10-19-14-8-6-7-13(16)11-14/h6-8,11,17-18H,3-5,9-10,12H2,1-2H3. The highest BCUT2D eigenvalue weighted by Crippen LogP contribution is 2.21. The van der Waals surface area contributed by atoms with Gasteiger partial charge in [0, 0.05) is 10.4 Å². The van der Waals surface area contributed by atoms with Gasteiger partial charge in [-0.2, -0.15) is 0 Å². The van der Waals surface area contributed by atoms with E-state index in [4.69, 9.17) is 0 Å². The van der Waals surface area contributed by atoms with Gasteiger partial charge < -0.3 is 10.4 Å². The number of hydrogen-bond acceptors (Lipinski definition) is 3. The van der Waals surface area contributed by atoms with E-state index in [-0.39, 0.29) is 18.0 Å². The second-order valence-corrected chi connectivity index (χ2v) is 6.18. The summed E-state index contributed by atoms with van der Waals surface area (Å²) in [6.45, 7) is 5.14. The average molecular weight is 285 g/mol. The van der Waals surface area contributed by atoms with E-state index in [1.807, 2.05) is 13.0 Å². The molecule has 1 rings (SSSR count). The molecule has 1 aromatic rings. The summed E-state index contributed by atoms with van der Waals surface area (Å²) in [6, 6.07) is 6.71. The first-order valence-electron chi connectivity index (χ1n) is 6.84. The summed E-state index contributed by atoms with van der Waals surface area (Å²) in [6.07, 6.45) is 3.09. The Morgan fingerprint density at radius 1 is 1.37 bits per heavy atom. The van der Waals surface area contributed by atoms with Crippen LogP contribution in [-0.2, 0) is 0 Å². The monoisotopic (exact) mass is 285 g/mol. The predicted molar refractivity (Wildman–Crippen MR) is 80.1 cm³/mol. The Labute approximate surface area is 119 Å². The van der Waals surface area contributed by atoms with Crippen LogP contribution >= 0.6 is 11.8 Å². The average Bonchev–Trinajstić information content (AvgIpc) is 2.39. The van der Waals surface area contributed by atoms with Gasteiger partial charge in [0.2, 0.25) is 0 Å². The highest BCUT2D eigenvalue weighted by Gasteiger charge is 2.20. The van der Waals surface area contributed by atoms with Crippen molar-refractivity contribution in [1.29, 1.82) is 0 Å². The quantitative estimate of drug-likeness (QED) is 0.538. The van der Waals surface area contributed by atoms with Crippen molar-refractivity contribution >= 4 is 11.8 Å². The lowest BCUT2D eigenvalue weighted by molar-refractivity contribution is 0.165. The van der Waals surface area contributed by atoms with Gasteiger partial charge in [0.25, 0.3) is 0 Å². The number of unbranched alkanes of at least 4 members (excludes halogenated alkanes) is 1. The molecule has 0 aromatic heterocycles. The zero-order chi connectivity index (χ0) is 14.1. The van der Waals surface area contributed by atoms with Gasteiger partial charge in [-0.25, -0.2) is 4.39 Å². The fourth-order valence-electron chi connectivity index (χ4n) is 2.01. The summed E-state index contributed by atoms with van der Waals surface area (Å²) < 4.78 is 13.0. The fraction of sp³-hybridized carbons (Fsp3) is 0.600. The molecule has 2 nitrogen and oxygen atoms in total. The van der Waals surface area contributed by atoms with Crippen LogP contribution in [0.2, 0.25) is 0 Å². The molecule has 2 N–H and O–H groups in total. The van der Waals surface area contributed by atoms with Gasteiger partial charge in [-0.05, 0) is 50.3 Å². The van der Waals surface area contributed by atoms with E-state index in [1.165, 1.54) is 6.07 Å². The third-order valence-electron chi connectivity index (χ3n) is 3.14. The molecule has 0 spiro atoms. The van der Waals surface area contributed by atoms with Gasteiger partial charge in [0.15, 0.2) is 0 Å². The Bertz CT molecular complexity index is 375. The first-order valence-corrected chi connectivity index (χ1v) is 7.82. The number of likely N-dealkylation sites (N-methyl/N-ethyl adjacent to an activating group) is 1. The van der Waals surface area contributed by atoms with E-state index >= 15 is 0 Å². The number of rotatable bonds is 9. The minimum absolute atomic E-state index is 0.165. The molecule has 0 bridgehead atoms. The molecule has 19 heavy (non-hydrogen) atoms. The first kappa shape index (κ1) is 16.5. The van der Waals surface area contributed by atoms with E-state index in [9.17, 15) is 9.50 Å². The fourth-order valence-corrected chi connectivity index (χ4v) is 2.97. The number of aliphatic hydroxyl groups is 1. The van der Waals surface area contributed by atoms with Gasteiger partial charge >= 0.3 is 0 Å². The lowest BCUT2D eigenvalue weighted by Crippen LogP contribution is -2.45. The molecule has 0 amide bonds. The minimum atomic E-state index is -0.176. The van der Waals surface area contributed by atoms with Crippen molar-refractivity contribution in [3.63, 3.8) is 0 Å². The van der Waals surface area contributed by atoms with Crippen LogP contribution in [0.3, 0.4) is 0 Å². The van der Waals surface area contributed by atoms with Gasteiger partial charge in [0.05, 0.1) is 6.61 Å². The van der Waals surface area contributed by atoms with Crippen LogP contribution < -0.4 is 5.32 Å². The normalized spacial score (nSPS) is 14.3. The van der Waals surface area contributed by atoms with Crippen LogP contribution in [0, 0.1) is 5.82 Å². The molecule has 1 unspecified atom stereocenters. The molecular weight excluding hydrogens is 261 g/mol. The Morgan fingerprint density at radius 2 is 2.16 bits per heavy atom. The maximum Gasteiger partial charge on any atom is 0.124 e. The molecule has 0 fully saturated rings. The van der Waals surface area contributed by atoms with E-state index in [0.29, 0.717) is 0 Å². The Morgan fingerprint density at radius 3 is 2.79 bits per heavy atom. The minimum Gasteiger partial charge on any atom is -0.394 e. The first-order chi connectivity index (χ1) is 9.09. The lowest BCUT2D eigenvalue weighted by Gasteiger charge is -2.28. The molecule has 0 aliphatic heterocycles. The SMILES string of the molecule is CCNC(C)(CO)CCCCSc1cccc(F)c1. The highest BCUT2D eigenvalue weighted by atomic mass is 32.2. The molecule has 4 heteroatoms. The predicted octanol–water partition coefficient (Wildman–Crippen LogP) is 3.45. The lowest BCUT2D eigenvalue weighted by atomic mass is 9.96. The molecule has 1 atom stereocenters. The second-order valence-electron chi connectivity index (χ2n) is 5.01. The molecule has 0 saturated heterocycles. The summed E-state index contributed by atoms with van der Waals surface area (Å²) in [5.74, 6) is 0.807. The van der Waals surface area contributed by atoms with Crippen LogP contribution in [0.1, 0.15) is 33.1 Å². The van der Waals surface area contributed by atoms with Crippen molar-refractivity contribution < 1.29 is 9.50 Å². The second kappa shape index (κ2) is 8.56. The highest BCUT2D eigenvalue weighted by molar-refractivity contribution is 7.99. The third-order valence-corrected chi connectivity index (χ3v) is 4.22. The summed E-state index contributed by atoms with van der Waals surface area (Å²) in [5, 5.41) is 12.7. The Balaban J connectivity index is 2.20. The van der Waals surface area contributed by atoms with E-state index in [2.05, 4.69) is 12.2 Å². The van der Waals surface area contributed by atoms with Crippen LogP contribution in [0.25, 0.3) is 0 Å². The van der Waals surface area contributed by atoms with Gasteiger partial charge in [-0.15, -0.1) is 11.8 Å². The molecule has 0 saturated carbocycles. The van der Waals surface area contributed by atoms with Crippen molar-refractivity contribution in [2.45, 2.75) is 43.5 Å². The third kappa shape index (κ3) is 6.41. The summed E-state index contributed by atoms with van der Waals surface area (Å²) in [4.78, 5) is 0.983. The molecule has 0 aliphatic carbocycles.